The third kappa shape index (κ3) is 6.73. The summed E-state index contributed by atoms with van der Waals surface area (Å²) in [6.07, 6.45) is 0. The molecule has 1 rings (SSSR count). The SMILES string of the molecule is O=S(=O)(Cl)CCOCCOc1ccccc1Cl. The number of hydrogen-bond acceptors (Lipinski definition) is 4. The average Bonchev–Trinajstić information content (AvgIpc) is 2.24. The van der Waals surface area contributed by atoms with Crippen LogP contribution in [0.4, 0.5) is 0 Å². The fourth-order valence-electron chi connectivity index (χ4n) is 1.03. The molecule has 0 saturated carbocycles. The monoisotopic (exact) mass is 298 g/mol. The van der Waals surface area contributed by atoms with Gasteiger partial charge in [0, 0.05) is 10.7 Å². The lowest BCUT2D eigenvalue weighted by Crippen LogP contribution is -2.12. The minimum Gasteiger partial charge on any atom is -0.490 e. The summed E-state index contributed by atoms with van der Waals surface area (Å²) in [7, 11) is 1.52. The normalized spacial score (nSPS) is 11.4. The van der Waals surface area contributed by atoms with Gasteiger partial charge in [0.05, 0.1) is 24.0 Å². The van der Waals surface area contributed by atoms with Gasteiger partial charge in [-0.2, -0.15) is 0 Å². The molecule has 0 aliphatic heterocycles. The molecule has 1 aromatic carbocycles. The van der Waals surface area contributed by atoms with Crippen LogP contribution >= 0.6 is 22.3 Å². The van der Waals surface area contributed by atoms with E-state index in [0.29, 0.717) is 17.4 Å². The van der Waals surface area contributed by atoms with Gasteiger partial charge in [0.25, 0.3) is 0 Å². The molecule has 0 spiro atoms. The van der Waals surface area contributed by atoms with Gasteiger partial charge in [0.15, 0.2) is 0 Å². The van der Waals surface area contributed by atoms with Gasteiger partial charge in [-0.25, -0.2) is 8.42 Å². The Hall–Kier alpha value is -0.490. The van der Waals surface area contributed by atoms with Gasteiger partial charge in [0.2, 0.25) is 9.05 Å². The van der Waals surface area contributed by atoms with E-state index in [9.17, 15) is 8.42 Å². The second-order valence-electron chi connectivity index (χ2n) is 3.13. The highest BCUT2D eigenvalue weighted by Crippen LogP contribution is 2.22. The van der Waals surface area contributed by atoms with Crippen LogP contribution in [0, 0.1) is 0 Å². The van der Waals surface area contributed by atoms with Crippen molar-refractivity contribution < 1.29 is 17.9 Å². The van der Waals surface area contributed by atoms with Crippen LogP contribution in [0.1, 0.15) is 0 Å². The first kappa shape index (κ1) is 14.6. The van der Waals surface area contributed by atoms with Crippen LogP contribution in [0.5, 0.6) is 5.75 Å². The van der Waals surface area contributed by atoms with Gasteiger partial charge in [-0.15, -0.1) is 0 Å². The Labute approximate surface area is 110 Å². The summed E-state index contributed by atoms with van der Waals surface area (Å²) in [6, 6.07) is 7.07. The lowest BCUT2D eigenvalue weighted by atomic mass is 10.3. The summed E-state index contributed by atoms with van der Waals surface area (Å²) in [6.45, 7) is 0.626. The number of halogens is 2. The van der Waals surface area contributed by atoms with E-state index in [-0.39, 0.29) is 19.0 Å². The Kier molecular flexibility index (Phi) is 6.05. The maximum atomic E-state index is 10.6. The van der Waals surface area contributed by atoms with E-state index >= 15 is 0 Å². The lowest BCUT2D eigenvalue weighted by Gasteiger charge is -2.07. The molecule has 0 unspecified atom stereocenters. The highest BCUT2D eigenvalue weighted by Gasteiger charge is 2.04. The standard InChI is InChI=1S/C10H12Cl2O4S/c11-9-3-1-2-4-10(9)16-6-5-15-7-8-17(12,13)14/h1-4H,5-8H2. The molecule has 96 valence electrons. The largest absolute Gasteiger partial charge is 0.490 e. The summed E-state index contributed by atoms with van der Waals surface area (Å²) in [5, 5.41) is 0.524. The van der Waals surface area contributed by atoms with Crippen molar-refractivity contribution in [3.8, 4) is 5.75 Å². The Morgan fingerprint density at radius 1 is 1.12 bits per heavy atom. The van der Waals surface area contributed by atoms with Crippen LogP contribution in [-0.2, 0) is 13.8 Å². The Bertz CT molecular complexity index is 447. The van der Waals surface area contributed by atoms with Crippen molar-refractivity contribution in [1.82, 2.24) is 0 Å². The minimum atomic E-state index is -3.48. The van der Waals surface area contributed by atoms with Gasteiger partial charge in [-0.05, 0) is 12.1 Å². The van der Waals surface area contributed by atoms with Gasteiger partial charge in [0.1, 0.15) is 12.4 Å². The van der Waals surface area contributed by atoms with Crippen molar-refractivity contribution in [3.05, 3.63) is 29.3 Å². The minimum absolute atomic E-state index is 0.0533. The number of ether oxygens (including phenoxy) is 2. The van der Waals surface area contributed by atoms with Crippen LogP contribution in [0.15, 0.2) is 24.3 Å². The summed E-state index contributed by atoms with van der Waals surface area (Å²) < 4.78 is 31.5. The molecule has 0 N–H and O–H groups in total. The fraction of sp³-hybridized carbons (Fsp3) is 0.400. The second kappa shape index (κ2) is 7.06. The molecular weight excluding hydrogens is 287 g/mol. The van der Waals surface area contributed by atoms with Crippen molar-refractivity contribution in [3.63, 3.8) is 0 Å². The van der Waals surface area contributed by atoms with Crippen LogP contribution in [0.3, 0.4) is 0 Å². The maximum absolute atomic E-state index is 10.6. The Balaban J connectivity index is 2.15. The molecule has 17 heavy (non-hydrogen) atoms. The van der Waals surface area contributed by atoms with E-state index in [4.69, 9.17) is 31.8 Å². The van der Waals surface area contributed by atoms with E-state index in [1.807, 2.05) is 6.07 Å². The first-order valence-electron chi connectivity index (χ1n) is 4.86. The first-order valence-corrected chi connectivity index (χ1v) is 7.72. The number of rotatable bonds is 7. The van der Waals surface area contributed by atoms with Crippen LogP contribution in [-0.4, -0.2) is 34.0 Å². The summed E-state index contributed by atoms with van der Waals surface area (Å²) in [5.74, 6) is 0.364. The van der Waals surface area contributed by atoms with Gasteiger partial charge in [-0.3, -0.25) is 0 Å². The third-order valence-electron chi connectivity index (χ3n) is 1.79. The van der Waals surface area contributed by atoms with Crippen molar-refractivity contribution >= 4 is 31.3 Å². The van der Waals surface area contributed by atoms with E-state index < -0.39 is 9.05 Å². The number of para-hydroxylation sites is 1. The predicted octanol–water partition coefficient (Wildman–Crippen LogP) is 2.30. The molecule has 0 aliphatic rings. The summed E-state index contributed by atoms with van der Waals surface area (Å²) in [4.78, 5) is 0. The maximum Gasteiger partial charge on any atom is 0.234 e. The lowest BCUT2D eigenvalue weighted by molar-refractivity contribution is 0.111. The summed E-state index contributed by atoms with van der Waals surface area (Å²) in [5.41, 5.74) is 0. The molecule has 0 radical (unpaired) electrons. The highest BCUT2D eigenvalue weighted by atomic mass is 35.7. The topological polar surface area (TPSA) is 52.6 Å². The van der Waals surface area contributed by atoms with Crippen molar-refractivity contribution in [2.24, 2.45) is 0 Å². The molecule has 0 saturated heterocycles. The Morgan fingerprint density at radius 3 is 2.47 bits per heavy atom. The molecule has 0 fully saturated rings. The Morgan fingerprint density at radius 2 is 1.82 bits per heavy atom. The zero-order valence-electron chi connectivity index (χ0n) is 8.93. The smallest absolute Gasteiger partial charge is 0.234 e. The van der Waals surface area contributed by atoms with Crippen molar-refractivity contribution in [1.29, 1.82) is 0 Å². The van der Waals surface area contributed by atoms with E-state index in [0.717, 1.165) is 0 Å². The molecule has 0 bridgehead atoms. The number of benzene rings is 1. The highest BCUT2D eigenvalue weighted by molar-refractivity contribution is 8.13. The molecule has 0 amide bonds. The van der Waals surface area contributed by atoms with Crippen LogP contribution < -0.4 is 4.74 Å². The van der Waals surface area contributed by atoms with Crippen molar-refractivity contribution in [2.75, 3.05) is 25.6 Å². The molecule has 0 heterocycles. The molecule has 0 aromatic heterocycles. The molecular formula is C10H12Cl2O4S. The van der Waals surface area contributed by atoms with Gasteiger partial charge in [-0.1, -0.05) is 23.7 Å². The third-order valence-corrected chi connectivity index (χ3v) is 3.22. The van der Waals surface area contributed by atoms with Crippen molar-refractivity contribution in [2.45, 2.75) is 0 Å². The van der Waals surface area contributed by atoms with Gasteiger partial charge < -0.3 is 9.47 Å². The van der Waals surface area contributed by atoms with Crippen LogP contribution in [0.2, 0.25) is 5.02 Å². The van der Waals surface area contributed by atoms with E-state index in [2.05, 4.69) is 0 Å². The quantitative estimate of drug-likeness (QED) is 0.572. The summed E-state index contributed by atoms with van der Waals surface area (Å²) >= 11 is 5.86. The fourth-order valence-corrected chi connectivity index (χ4v) is 1.73. The zero-order valence-corrected chi connectivity index (χ0v) is 11.3. The second-order valence-corrected chi connectivity index (χ2v) is 6.44. The molecule has 0 atom stereocenters. The van der Waals surface area contributed by atoms with Gasteiger partial charge >= 0.3 is 0 Å². The molecule has 4 nitrogen and oxygen atoms in total. The van der Waals surface area contributed by atoms with Crippen LogP contribution in [0.25, 0.3) is 0 Å². The predicted molar refractivity (Wildman–Crippen MR) is 67.4 cm³/mol. The average molecular weight is 299 g/mol. The van der Waals surface area contributed by atoms with E-state index in [1.54, 1.807) is 18.2 Å². The molecule has 1 aromatic rings. The number of hydrogen-bond donors (Lipinski definition) is 0. The molecule has 7 heteroatoms. The molecule has 0 aliphatic carbocycles. The van der Waals surface area contributed by atoms with E-state index in [1.165, 1.54) is 0 Å². The zero-order chi connectivity index (χ0) is 12.7. The first-order chi connectivity index (χ1) is 7.99.